The molecule has 2 nitrogen and oxygen atoms in total. The Balaban J connectivity index is 1.80. The first-order valence-electron chi connectivity index (χ1n) is 4.96. The molecule has 0 radical (unpaired) electrons. The van der Waals surface area contributed by atoms with Crippen molar-refractivity contribution in [2.75, 3.05) is 13.2 Å². The van der Waals surface area contributed by atoms with Crippen molar-refractivity contribution in [2.24, 2.45) is 5.41 Å². The van der Waals surface area contributed by atoms with Crippen molar-refractivity contribution in [3.8, 4) is 0 Å². The standard InChI is InChI=1S/C10H18O2/c1-8(2)12-7-10-4-3-5-11-9(10)6-10/h8-9H,3-7H2,1-2H3. The Labute approximate surface area is 74.2 Å². The highest BCUT2D eigenvalue weighted by atomic mass is 16.5. The molecule has 2 rings (SSSR count). The van der Waals surface area contributed by atoms with Crippen LogP contribution in [0.25, 0.3) is 0 Å². The summed E-state index contributed by atoms with van der Waals surface area (Å²) < 4.78 is 11.3. The van der Waals surface area contributed by atoms with Crippen LogP contribution in [0.3, 0.4) is 0 Å². The normalized spacial score (nSPS) is 39.8. The fraction of sp³-hybridized carbons (Fsp3) is 1.00. The van der Waals surface area contributed by atoms with Gasteiger partial charge >= 0.3 is 0 Å². The van der Waals surface area contributed by atoms with Crippen LogP contribution < -0.4 is 0 Å². The van der Waals surface area contributed by atoms with E-state index in [9.17, 15) is 0 Å². The van der Waals surface area contributed by atoms with Crippen molar-refractivity contribution in [2.45, 2.75) is 45.3 Å². The second kappa shape index (κ2) is 3.00. The summed E-state index contributed by atoms with van der Waals surface area (Å²) in [4.78, 5) is 0. The topological polar surface area (TPSA) is 18.5 Å². The van der Waals surface area contributed by atoms with Crippen LogP contribution in [0.2, 0.25) is 0 Å². The van der Waals surface area contributed by atoms with E-state index in [4.69, 9.17) is 9.47 Å². The highest BCUT2D eigenvalue weighted by molar-refractivity contribution is 5.05. The molecule has 1 saturated heterocycles. The minimum absolute atomic E-state index is 0.363. The predicted octanol–water partition coefficient (Wildman–Crippen LogP) is 1.98. The van der Waals surface area contributed by atoms with Crippen LogP contribution in [0.5, 0.6) is 0 Å². The third kappa shape index (κ3) is 1.50. The maximum absolute atomic E-state index is 5.65. The van der Waals surface area contributed by atoms with E-state index in [1.807, 2.05) is 0 Å². The zero-order valence-corrected chi connectivity index (χ0v) is 8.01. The molecular weight excluding hydrogens is 152 g/mol. The van der Waals surface area contributed by atoms with Gasteiger partial charge in [0.25, 0.3) is 0 Å². The van der Waals surface area contributed by atoms with Gasteiger partial charge < -0.3 is 9.47 Å². The van der Waals surface area contributed by atoms with Crippen LogP contribution in [0.15, 0.2) is 0 Å². The molecule has 12 heavy (non-hydrogen) atoms. The molecule has 0 N–H and O–H groups in total. The van der Waals surface area contributed by atoms with Gasteiger partial charge in [-0.05, 0) is 33.1 Å². The molecule has 1 saturated carbocycles. The SMILES string of the molecule is CC(C)OCC12CCCOC1C2. The van der Waals surface area contributed by atoms with Crippen LogP contribution in [-0.4, -0.2) is 25.4 Å². The first-order valence-corrected chi connectivity index (χ1v) is 4.96. The van der Waals surface area contributed by atoms with Gasteiger partial charge in [0.1, 0.15) is 0 Å². The van der Waals surface area contributed by atoms with E-state index in [1.54, 1.807) is 0 Å². The zero-order chi connectivity index (χ0) is 8.60. The minimum atomic E-state index is 0.363. The lowest BCUT2D eigenvalue weighted by molar-refractivity contribution is -0.0148. The highest BCUT2D eigenvalue weighted by Crippen LogP contribution is 2.54. The molecule has 70 valence electrons. The molecule has 1 aliphatic heterocycles. The second-order valence-corrected chi connectivity index (χ2v) is 4.39. The number of fused-ring (bicyclic) bond motifs is 1. The Bertz CT molecular complexity index is 167. The van der Waals surface area contributed by atoms with E-state index in [2.05, 4.69) is 13.8 Å². The molecule has 0 aromatic heterocycles. The van der Waals surface area contributed by atoms with E-state index in [1.165, 1.54) is 19.3 Å². The Morgan fingerprint density at radius 3 is 3.08 bits per heavy atom. The molecule has 2 unspecified atom stereocenters. The third-order valence-corrected chi connectivity index (χ3v) is 2.96. The van der Waals surface area contributed by atoms with Crippen molar-refractivity contribution in [1.82, 2.24) is 0 Å². The predicted molar refractivity (Wildman–Crippen MR) is 47.1 cm³/mol. The molecule has 0 aromatic rings. The molecule has 0 spiro atoms. The molecule has 1 aliphatic carbocycles. The first-order chi connectivity index (χ1) is 5.73. The molecular formula is C10H18O2. The lowest BCUT2D eigenvalue weighted by Crippen LogP contribution is -2.23. The van der Waals surface area contributed by atoms with Gasteiger partial charge in [-0.2, -0.15) is 0 Å². The smallest absolute Gasteiger partial charge is 0.0661 e. The summed E-state index contributed by atoms with van der Waals surface area (Å²) in [5, 5.41) is 0. The lowest BCUT2D eigenvalue weighted by atomic mass is 9.99. The maximum Gasteiger partial charge on any atom is 0.0661 e. The van der Waals surface area contributed by atoms with Crippen LogP contribution >= 0.6 is 0 Å². The van der Waals surface area contributed by atoms with Crippen LogP contribution in [0.4, 0.5) is 0 Å². The summed E-state index contributed by atoms with van der Waals surface area (Å²) >= 11 is 0. The summed E-state index contributed by atoms with van der Waals surface area (Å²) in [7, 11) is 0. The largest absolute Gasteiger partial charge is 0.378 e. The Morgan fingerprint density at radius 1 is 1.58 bits per heavy atom. The highest BCUT2D eigenvalue weighted by Gasteiger charge is 2.56. The van der Waals surface area contributed by atoms with Gasteiger partial charge in [0.15, 0.2) is 0 Å². The van der Waals surface area contributed by atoms with Crippen molar-refractivity contribution < 1.29 is 9.47 Å². The van der Waals surface area contributed by atoms with Gasteiger partial charge in [0.05, 0.1) is 18.8 Å². The monoisotopic (exact) mass is 170 g/mol. The van der Waals surface area contributed by atoms with Gasteiger partial charge in [-0.3, -0.25) is 0 Å². The molecule has 2 heteroatoms. The molecule has 1 heterocycles. The number of rotatable bonds is 3. The Morgan fingerprint density at radius 2 is 2.42 bits per heavy atom. The van der Waals surface area contributed by atoms with Crippen LogP contribution in [-0.2, 0) is 9.47 Å². The first kappa shape index (κ1) is 8.52. The van der Waals surface area contributed by atoms with Crippen LogP contribution in [0, 0.1) is 5.41 Å². The summed E-state index contributed by atoms with van der Waals surface area (Å²) in [6.45, 7) is 6.07. The van der Waals surface area contributed by atoms with E-state index >= 15 is 0 Å². The van der Waals surface area contributed by atoms with Gasteiger partial charge in [-0.25, -0.2) is 0 Å². The van der Waals surface area contributed by atoms with E-state index < -0.39 is 0 Å². The van der Waals surface area contributed by atoms with Gasteiger partial charge in [0, 0.05) is 12.0 Å². The number of hydrogen-bond donors (Lipinski definition) is 0. The summed E-state index contributed by atoms with van der Waals surface area (Å²) in [5.74, 6) is 0. The minimum Gasteiger partial charge on any atom is -0.378 e. The Hall–Kier alpha value is -0.0800. The molecule has 0 aromatic carbocycles. The molecule has 0 amide bonds. The molecule has 2 fully saturated rings. The van der Waals surface area contributed by atoms with E-state index in [-0.39, 0.29) is 0 Å². The summed E-state index contributed by atoms with van der Waals surface area (Å²) in [5.41, 5.74) is 0.433. The van der Waals surface area contributed by atoms with Gasteiger partial charge in [-0.15, -0.1) is 0 Å². The average molecular weight is 170 g/mol. The zero-order valence-electron chi connectivity index (χ0n) is 8.01. The quantitative estimate of drug-likeness (QED) is 0.644. The van der Waals surface area contributed by atoms with Crippen molar-refractivity contribution >= 4 is 0 Å². The Kier molecular flexibility index (Phi) is 2.13. The summed E-state index contributed by atoms with van der Waals surface area (Å²) in [6, 6.07) is 0. The molecule has 0 bridgehead atoms. The molecule has 2 atom stereocenters. The van der Waals surface area contributed by atoms with Gasteiger partial charge in [0.2, 0.25) is 0 Å². The van der Waals surface area contributed by atoms with Crippen molar-refractivity contribution in [1.29, 1.82) is 0 Å². The third-order valence-electron chi connectivity index (χ3n) is 2.96. The van der Waals surface area contributed by atoms with Crippen molar-refractivity contribution in [3.63, 3.8) is 0 Å². The number of hydrogen-bond acceptors (Lipinski definition) is 2. The molecule has 2 aliphatic rings. The van der Waals surface area contributed by atoms with Crippen LogP contribution in [0.1, 0.15) is 33.1 Å². The second-order valence-electron chi connectivity index (χ2n) is 4.39. The fourth-order valence-electron chi connectivity index (χ4n) is 2.02. The maximum atomic E-state index is 5.65. The van der Waals surface area contributed by atoms with Gasteiger partial charge in [-0.1, -0.05) is 0 Å². The lowest BCUT2D eigenvalue weighted by Gasteiger charge is -2.22. The summed E-state index contributed by atoms with van der Waals surface area (Å²) in [6.07, 6.45) is 4.66. The van der Waals surface area contributed by atoms with Crippen molar-refractivity contribution in [3.05, 3.63) is 0 Å². The van der Waals surface area contributed by atoms with E-state index in [0.29, 0.717) is 17.6 Å². The number of ether oxygens (including phenoxy) is 2. The average Bonchev–Trinajstić information content (AvgIpc) is 2.75. The van der Waals surface area contributed by atoms with E-state index in [0.717, 1.165) is 13.2 Å². The fourth-order valence-corrected chi connectivity index (χ4v) is 2.02.